The number of halogens is 3. The Morgan fingerprint density at radius 3 is 1.56 bits per heavy atom. The zero-order valence-electron chi connectivity index (χ0n) is 24.1. The number of alkyl halides is 3. The topological polar surface area (TPSA) is 76.0 Å². The maximum atomic E-state index is 14.7. The predicted octanol–water partition coefficient (Wildman–Crippen LogP) is 8.66. The molecule has 5 nitrogen and oxygen atoms in total. The van der Waals surface area contributed by atoms with Gasteiger partial charge >= 0.3 is 7.82 Å². The van der Waals surface area contributed by atoms with Crippen LogP contribution in [0, 0.1) is 0 Å². The van der Waals surface area contributed by atoms with Crippen molar-refractivity contribution in [3.63, 3.8) is 0 Å². The lowest BCUT2D eigenvalue weighted by Gasteiger charge is -2.34. The van der Waals surface area contributed by atoms with E-state index in [1.807, 2.05) is 60.7 Å². The molecule has 0 spiro atoms. The molecule has 232 valence electrons. The first kappa shape index (κ1) is 35.5. The summed E-state index contributed by atoms with van der Waals surface area (Å²) in [6.07, 6.45) is 7.66. The molecular weight excluding hydrogens is 552 g/mol. The lowest BCUT2D eigenvalue weighted by Crippen LogP contribution is -2.43. The number of ether oxygens (including phenoxy) is 1. The third kappa shape index (κ3) is 16.5. The van der Waals surface area contributed by atoms with E-state index in [4.69, 9.17) is 9.26 Å². The van der Waals surface area contributed by atoms with E-state index in [9.17, 15) is 27.5 Å². The minimum absolute atomic E-state index is 0.108. The maximum Gasteiger partial charge on any atom is 0.470 e. The van der Waals surface area contributed by atoms with E-state index >= 15 is 0 Å². The van der Waals surface area contributed by atoms with Gasteiger partial charge < -0.3 is 14.5 Å². The fraction of sp³-hybridized carbons (Fsp3) is 0.625. The molecule has 41 heavy (non-hydrogen) atoms. The van der Waals surface area contributed by atoms with Crippen molar-refractivity contribution in [2.75, 3.05) is 19.9 Å². The molecule has 0 saturated heterocycles. The highest BCUT2D eigenvalue weighted by Gasteiger charge is 2.39. The summed E-state index contributed by atoms with van der Waals surface area (Å²) in [4.78, 5) is 19.5. The van der Waals surface area contributed by atoms with Crippen LogP contribution in [0.1, 0.15) is 88.2 Å². The summed E-state index contributed by atoms with van der Waals surface area (Å²) in [6.45, 7) is -1.07. The van der Waals surface area contributed by atoms with Crippen molar-refractivity contribution in [1.82, 2.24) is 0 Å². The Bertz CT molecular complexity index is 919. The van der Waals surface area contributed by atoms with Gasteiger partial charge in [0.15, 0.2) is 6.17 Å². The van der Waals surface area contributed by atoms with Gasteiger partial charge in [0.1, 0.15) is 11.8 Å². The molecule has 2 rings (SSSR count). The normalized spacial score (nSPS) is 13.8. The van der Waals surface area contributed by atoms with Crippen LogP contribution in [0.25, 0.3) is 0 Å². The first-order chi connectivity index (χ1) is 19.7. The average Bonchev–Trinajstić information content (AvgIpc) is 2.93. The van der Waals surface area contributed by atoms with Crippen molar-refractivity contribution in [2.45, 2.75) is 108 Å². The first-order valence-electron chi connectivity index (χ1n) is 15.0. The van der Waals surface area contributed by atoms with E-state index in [2.05, 4.69) is 0 Å². The molecule has 0 radical (unpaired) electrons. The van der Waals surface area contributed by atoms with E-state index in [0.29, 0.717) is 12.8 Å². The first-order valence-corrected chi connectivity index (χ1v) is 16.5. The molecule has 9 heteroatoms. The summed E-state index contributed by atoms with van der Waals surface area (Å²) in [6, 6.07) is 18.2. The van der Waals surface area contributed by atoms with Gasteiger partial charge in [0.2, 0.25) is 0 Å². The molecule has 2 atom stereocenters. The Labute approximate surface area is 244 Å². The summed E-state index contributed by atoms with van der Waals surface area (Å²) in [7, 11) is -4.94. The zero-order chi connectivity index (χ0) is 29.8. The second kappa shape index (κ2) is 20.2. The Hall–Kier alpha value is -1.70. The third-order valence-electron chi connectivity index (χ3n) is 7.20. The number of hydrogen-bond donors (Lipinski definition) is 2. The molecule has 0 aliphatic carbocycles. The standard InChI is InChI=1S/C32H48F3O5P/c33-23-17-9-7-5-3-1-2-4-6-8-16-22-30(34)31(35)26-39-27-32(40-41(36,37)38,24-28-18-12-10-13-19-28)25-29-20-14-11-15-21-29/h10-15,18-21,30-31H,1-9,16-17,22-27H2,(H2,36,37,38). The van der Waals surface area contributed by atoms with Crippen molar-refractivity contribution in [1.29, 1.82) is 0 Å². The summed E-state index contributed by atoms with van der Waals surface area (Å²) in [5.74, 6) is 0. The highest BCUT2D eigenvalue weighted by molar-refractivity contribution is 7.46. The van der Waals surface area contributed by atoms with Crippen molar-refractivity contribution >= 4 is 7.82 Å². The van der Waals surface area contributed by atoms with Crippen LogP contribution in [0.15, 0.2) is 60.7 Å². The average molecular weight is 601 g/mol. The van der Waals surface area contributed by atoms with Gasteiger partial charge in [-0.3, -0.25) is 8.91 Å². The molecule has 2 aromatic rings. The predicted molar refractivity (Wildman–Crippen MR) is 158 cm³/mol. The van der Waals surface area contributed by atoms with Crippen molar-refractivity contribution in [3.05, 3.63) is 71.8 Å². The van der Waals surface area contributed by atoms with Gasteiger partial charge in [-0.05, 0) is 24.0 Å². The van der Waals surface area contributed by atoms with Crippen LogP contribution < -0.4 is 0 Å². The van der Waals surface area contributed by atoms with Crippen LogP contribution in [0.3, 0.4) is 0 Å². The number of rotatable bonds is 24. The van der Waals surface area contributed by atoms with Crippen LogP contribution >= 0.6 is 7.82 Å². The molecule has 0 fully saturated rings. The molecule has 2 N–H and O–H groups in total. The molecule has 0 aliphatic heterocycles. The van der Waals surface area contributed by atoms with Crippen LogP contribution in [0.5, 0.6) is 0 Å². The van der Waals surface area contributed by atoms with Gasteiger partial charge in [-0.15, -0.1) is 0 Å². The smallest absolute Gasteiger partial charge is 0.375 e. The molecule has 0 saturated carbocycles. The highest BCUT2D eigenvalue weighted by atomic mass is 31.2. The maximum absolute atomic E-state index is 14.7. The van der Waals surface area contributed by atoms with E-state index in [1.165, 1.54) is 6.42 Å². The van der Waals surface area contributed by atoms with Gasteiger partial charge in [-0.2, -0.15) is 0 Å². The van der Waals surface area contributed by atoms with E-state index in [1.54, 1.807) is 0 Å². The minimum Gasteiger partial charge on any atom is -0.375 e. The Kier molecular flexibility index (Phi) is 17.5. The molecule has 2 aromatic carbocycles. The van der Waals surface area contributed by atoms with Crippen LogP contribution in [-0.4, -0.2) is 47.6 Å². The zero-order valence-corrected chi connectivity index (χ0v) is 25.0. The summed E-state index contributed by atoms with van der Waals surface area (Å²) in [5, 5.41) is 0. The van der Waals surface area contributed by atoms with Gasteiger partial charge in [0.05, 0.1) is 19.9 Å². The largest absolute Gasteiger partial charge is 0.470 e. The highest BCUT2D eigenvalue weighted by Crippen LogP contribution is 2.44. The summed E-state index contributed by atoms with van der Waals surface area (Å²) >= 11 is 0. The number of unbranched alkanes of at least 4 members (excludes halogenated alkanes) is 10. The number of hydrogen-bond acceptors (Lipinski definition) is 3. The third-order valence-corrected chi connectivity index (χ3v) is 7.82. The van der Waals surface area contributed by atoms with Crippen LogP contribution in [-0.2, 0) is 26.7 Å². The van der Waals surface area contributed by atoms with Crippen LogP contribution in [0.4, 0.5) is 13.2 Å². The second-order valence-electron chi connectivity index (χ2n) is 11.0. The Balaban J connectivity index is 1.80. The molecule has 0 bridgehead atoms. The quantitative estimate of drug-likeness (QED) is 0.0932. The molecule has 0 amide bonds. The molecular formula is C32H48F3O5P. The van der Waals surface area contributed by atoms with Gasteiger partial charge in [-0.1, -0.05) is 125 Å². The van der Waals surface area contributed by atoms with E-state index < -0.39 is 32.4 Å². The van der Waals surface area contributed by atoms with Crippen LogP contribution in [0.2, 0.25) is 0 Å². The van der Waals surface area contributed by atoms with Gasteiger partial charge in [0, 0.05) is 12.8 Å². The lowest BCUT2D eigenvalue weighted by atomic mass is 9.88. The Morgan fingerprint density at radius 2 is 1.12 bits per heavy atom. The Morgan fingerprint density at radius 1 is 0.683 bits per heavy atom. The monoisotopic (exact) mass is 600 g/mol. The fourth-order valence-electron chi connectivity index (χ4n) is 5.11. The van der Waals surface area contributed by atoms with Crippen molar-refractivity contribution < 1.29 is 36.8 Å². The SMILES string of the molecule is O=P(O)(O)OC(COCC(F)C(F)CCCCCCCCCCCCCF)(Cc1ccccc1)Cc1ccccc1. The molecule has 0 aliphatic rings. The second-order valence-corrected chi connectivity index (χ2v) is 12.2. The summed E-state index contributed by atoms with van der Waals surface area (Å²) < 4.78 is 64.2. The van der Waals surface area contributed by atoms with Crippen molar-refractivity contribution in [2.24, 2.45) is 0 Å². The molecule has 2 unspecified atom stereocenters. The molecule has 0 aromatic heterocycles. The number of phosphoric ester groups is 1. The van der Waals surface area contributed by atoms with Gasteiger partial charge in [0.25, 0.3) is 0 Å². The minimum atomic E-state index is -4.94. The van der Waals surface area contributed by atoms with E-state index in [0.717, 1.165) is 62.5 Å². The fourth-order valence-corrected chi connectivity index (χ4v) is 5.80. The lowest BCUT2D eigenvalue weighted by molar-refractivity contribution is -0.0598. The number of benzene rings is 2. The number of phosphoric acid groups is 1. The van der Waals surface area contributed by atoms with Crippen molar-refractivity contribution in [3.8, 4) is 0 Å². The summed E-state index contributed by atoms with van der Waals surface area (Å²) in [5.41, 5.74) is 0.0604. The molecule has 0 heterocycles. The van der Waals surface area contributed by atoms with E-state index in [-0.39, 0.29) is 32.5 Å². The van der Waals surface area contributed by atoms with Gasteiger partial charge in [-0.25, -0.2) is 13.3 Å².